The van der Waals surface area contributed by atoms with E-state index in [1.54, 1.807) is 17.4 Å². The minimum absolute atomic E-state index is 0.151. The molecular weight excluding hydrogens is 349 g/mol. The summed E-state index contributed by atoms with van der Waals surface area (Å²) in [5, 5.41) is 12.8. The summed E-state index contributed by atoms with van der Waals surface area (Å²) in [6.07, 6.45) is 0.708. The van der Waals surface area contributed by atoms with Crippen LogP contribution in [-0.2, 0) is 13.1 Å². The molecule has 2 aromatic rings. The van der Waals surface area contributed by atoms with Crippen molar-refractivity contribution in [1.82, 2.24) is 14.8 Å². The van der Waals surface area contributed by atoms with Crippen molar-refractivity contribution < 1.29 is 9.50 Å². The Balaban J connectivity index is 1.62. The molecule has 0 amide bonds. The summed E-state index contributed by atoms with van der Waals surface area (Å²) in [7, 11) is 0. The Hall–Kier alpha value is -1.34. The van der Waals surface area contributed by atoms with Gasteiger partial charge in [0.05, 0.1) is 12.2 Å². The van der Waals surface area contributed by atoms with Crippen molar-refractivity contribution in [2.24, 2.45) is 0 Å². The zero-order valence-electron chi connectivity index (χ0n) is 15.6. The lowest BCUT2D eigenvalue weighted by Crippen LogP contribution is -2.52. The molecule has 1 atom stereocenters. The zero-order chi connectivity index (χ0) is 18.5. The van der Waals surface area contributed by atoms with Gasteiger partial charge in [-0.2, -0.15) is 0 Å². The van der Waals surface area contributed by atoms with Crippen LogP contribution in [0.25, 0.3) is 0 Å². The third-order valence-electron chi connectivity index (χ3n) is 5.00. The van der Waals surface area contributed by atoms with Gasteiger partial charge in [-0.3, -0.25) is 9.80 Å². The number of aromatic nitrogens is 1. The summed E-state index contributed by atoms with van der Waals surface area (Å²) < 4.78 is 14.0. The molecule has 1 aromatic carbocycles. The van der Waals surface area contributed by atoms with Gasteiger partial charge in [0.1, 0.15) is 10.8 Å². The molecule has 0 radical (unpaired) electrons. The normalized spacial score (nSPS) is 19.3. The monoisotopic (exact) mass is 377 g/mol. The van der Waals surface area contributed by atoms with E-state index in [1.807, 2.05) is 12.1 Å². The van der Waals surface area contributed by atoms with Gasteiger partial charge in [0.2, 0.25) is 0 Å². The van der Waals surface area contributed by atoms with Crippen LogP contribution in [0.4, 0.5) is 4.39 Å². The van der Waals surface area contributed by atoms with Gasteiger partial charge in [0.25, 0.3) is 0 Å². The van der Waals surface area contributed by atoms with Crippen LogP contribution in [0, 0.1) is 5.82 Å². The van der Waals surface area contributed by atoms with Crippen LogP contribution in [-0.4, -0.2) is 52.2 Å². The molecule has 2 heterocycles. The molecule has 0 spiro atoms. The molecule has 6 heteroatoms. The molecule has 26 heavy (non-hydrogen) atoms. The predicted molar refractivity (Wildman–Crippen MR) is 104 cm³/mol. The SMILES string of the molecule is CC(C)c1csc(CN2CCN(Cc3ccccc3F)[C@H](CCO)C2)n1. The van der Waals surface area contributed by atoms with Crippen LogP contribution >= 0.6 is 11.3 Å². The van der Waals surface area contributed by atoms with E-state index in [4.69, 9.17) is 4.98 Å². The first-order valence-electron chi connectivity index (χ1n) is 9.31. The van der Waals surface area contributed by atoms with Crippen molar-refractivity contribution in [1.29, 1.82) is 0 Å². The molecule has 0 bridgehead atoms. The first-order chi connectivity index (χ1) is 12.6. The maximum absolute atomic E-state index is 14.0. The van der Waals surface area contributed by atoms with Crippen molar-refractivity contribution >= 4 is 11.3 Å². The minimum Gasteiger partial charge on any atom is -0.396 e. The molecule has 1 aliphatic heterocycles. The number of benzene rings is 1. The summed E-state index contributed by atoms with van der Waals surface area (Å²) in [6, 6.07) is 7.20. The lowest BCUT2D eigenvalue weighted by atomic mass is 10.1. The van der Waals surface area contributed by atoms with E-state index in [2.05, 4.69) is 29.0 Å². The van der Waals surface area contributed by atoms with Crippen molar-refractivity contribution in [3.8, 4) is 0 Å². The zero-order valence-corrected chi connectivity index (χ0v) is 16.4. The van der Waals surface area contributed by atoms with E-state index in [-0.39, 0.29) is 18.5 Å². The Morgan fingerprint density at radius 1 is 1.27 bits per heavy atom. The van der Waals surface area contributed by atoms with Crippen molar-refractivity contribution in [3.63, 3.8) is 0 Å². The Labute approximate surface area is 159 Å². The van der Waals surface area contributed by atoms with Gasteiger partial charge in [-0.05, 0) is 18.4 Å². The maximum Gasteiger partial charge on any atom is 0.127 e. The van der Waals surface area contributed by atoms with Crippen LogP contribution in [0.2, 0.25) is 0 Å². The average Bonchev–Trinajstić information content (AvgIpc) is 3.08. The molecule has 1 aliphatic rings. The number of piperazine rings is 1. The molecule has 1 aromatic heterocycles. The van der Waals surface area contributed by atoms with Crippen LogP contribution in [0.1, 0.15) is 42.5 Å². The van der Waals surface area contributed by atoms with E-state index in [1.165, 1.54) is 6.07 Å². The summed E-state index contributed by atoms with van der Waals surface area (Å²) in [4.78, 5) is 9.44. The van der Waals surface area contributed by atoms with Gasteiger partial charge in [-0.1, -0.05) is 32.0 Å². The van der Waals surface area contributed by atoms with Crippen LogP contribution < -0.4 is 0 Å². The number of aliphatic hydroxyl groups is 1. The number of aliphatic hydroxyl groups excluding tert-OH is 1. The molecule has 3 rings (SSSR count). The Morgan fingerprint density at radius 2 is 2.08 bits per heavy atom. The number of hydrogen-bond donors (Lipinski definition) is 1. The molecule has 1 saturated heterocycles. The van der Waals surface area contributed by atoms with E-state index in [0.29, 0.717) is 18.9 Å². The van der Waals surface area contributed by atoms with Crippen molar-refractivity contribution in [2.75, 3.05) is 26.2 Å². The maximum atomic E-state index is 14.0. The van der Waals surface area contributed by atoms with Crippen molar-refractivity contribution in [2.45, 2.75) is 45.3 Å². The number of halogens is 1. The predicted octanol–water partition coefficient (Wildman–Crippen LogP) is 3.47. The number of rotatable bonds is 7. The minimum atomic E-state index is -0.151. The standard InChI is InChI=1S/C20H28FN3OS/c1-15(2)19-14-26-20(22-19)13-23-8-9-24(17(12-23)7-10-25)11-16-5-3-4-6-18(16)21/h3-6,14-15,17,25H,7-13H2,1-2H3/t17-/m1/s1. The highest BCUT2D eigenvalue weighted by Gasteiger charge is 2.27. The highest BCUT2D eigenvalue weighted by atomic mass is 32.1. The quantitative estimate of drug-likeness (QED) is 0.802. The van der Waals surface area contributed by atoms with Gasteiger partial charge in [-0.15, -0.1) is 11.3 Å². The fraction of sp³-hybridized carbons (Fsp3) is 0.550. The highest BCUT2D eigenvalue weighted by molar-refractivity contribution is 7.09. The molecule has 0 unspecified atom stereocenters. The molecule has 142 valence electrons. The topological polar surface area (TPSA) is 39.6 Å². The van der Waals surface area contributed by atoms with Crippen LogP contribution in [0.15, 0.2) is 29.6 Å². The summed E-state index contributed by atoms with van der Waals surface area (Å²) in [6.45, 7) is 8.63. The smallest absolute Gasteiger partial charge is 0.127 e. The molecule has 1 fully saturated rings. The Morgan fingerprint density at radius 3 is 2.77 bits per heavy atom. The Kier molecular flexibility index (Phi) is 6.75. The first kappa shape index (κ1) is 19.4. The summed E-state index contributed by atoms with van der Waals surface area (Å²) in [5.74, 6) is 0.307. The Bertz CT molecular complexity index is 706. The molecule has 1 N–H and O–H groups in total. The largest absolute Gasteiger partial charge is 0.396 e. The second-order valence-electron chi connectivity index (χ2n) is 7.28. The van der Waals surface area contributed by atoms with Gasteiger partial charge in [-0.25, -0.2) is 9.37 Å². The number of nitrogens with zero attached hydrogens (tertiary/aromatic N) is 3. The second-order valence-corrected chi connectivity index (χ2v) is 8.23. The fourth-order valence-corrected chi connectivity index (χ4v) is 4.43. The van der Waals surface area contributed by atoms with Crippen LogP contribution in [0.3, 0.4) is 0 Å². The lowest BCUT2D eigenvalue weighted by molar-refractivity contribution is 0.0492. The van der Waals surface area contributed by atoms with E-state index >= 15 is 0 Å². The van der Waals surface area contributed by atoms with Gasteiger partial charge in [0.15, 0.2) is 0 Å². The summed E-state index contributed by atoms with van der Waals surface area (Å²) >= 11 is 1.73. The average molecular weight is 378 g/mol. The number of hydrogen-bond acceptors (Lipinski definition) is 5. The molecule has 0 aliphatic carbocycles. The molecule has 4 nitrogen and oxygen atoms in total. The van der Waals surface area contributed by atoms with Gasteiger partial charge >= 0.3 is 0 Å². The van der Waals surface area contributed by atoms with E-state index in [9.17, 15) is 9.50 Å². The third-order valence-corrected chi connectivity index (χ3v) is 5.85. The molecular formula is C20H28FN3OS. The van der Waals surface area contributed by atoms with Crippen molar-refractivity contribution in [3.05, 3.63) is 51.7 Å². The third kappa shape index (κ3) is 4.88. The van der Waals surface area contributed by atoms with Gasteiger partial charge < -0.3 is 5.11 Å². The second kappa shape index (κ2) is 9.04. The van der Waals surface area contributed by atoms with E-state index in [0.717, 1.165) is 42.4 Å². The first-order valence-corrected chi connectivity index (χ1v) is 10.2. The highest BCUT2D eigenvalue weighted by Crippen LogP contribution is 2.22. The van der Waals surface area contributed by atoms with Crippen LogP contribution in [0.5, 0.6) is 0 Å². The fourth-order valence-electron chi connectivity index (χ4n) is 3.43. The van der Waals surface area contributed by atoms with Gasteiger partial charge in [0, 0.05) is 49.8 Å². The lowest BCUT2D eigenvalue weighted by Gasteiger charge is -2.41. The summed E-state index contributed by atoms with van der Waals surface area (Å²) in [5.41, 5.74) is 1.89. The molecule has 0 saturated carbocycles. The van der Waals surface area contributed by atoms with E-state index < -0.39 is 0 Å². The number of thiazole rings is 1.